The van der Waals surface area contributed by atoms with Gasteiger partial charge in [0.25, 0.3) is 0 Å². The van der Waals surface area contributed by atoms with Gasteiger partial charge < -0.3 is 14.9 Å². The molecule has 0 aromatic heterocycles. The van der Waals surface area contributed by atoms with Crippen molar-refractivity contribution in [1.29, 1.82) is 0 Å². The summed E-state index contributed by atoms with van der Waals surface area (Å²) in [6.45, 7) is 5.92. The summed E-state index contributed by atoms with van der Waals surface area (Å²) in [5.74, 6) is 0.322. The van der Waals surface area contributed by atoms with Crippen molar-refractivity contribution < 1.29 is 24.5 Å². The molecule has 1 aromatic carbocycles. The van der Waals surface area contributed by atoms with Crippen LogP contribution in [0.15, 0.2) is 42.0 Å². The Kier molecular flexibility index (Phi) is 6.03. The Bertz CT molecular complexity index is 1120. The topological polar surface area (TPSA) is 83.8 Å². The zero-order chi connectivity index (χ0) is 25.3. The molecule has 0 aliphatic heterocycles. The van der Waals surface area contributed by atoms with E-state index in [0.29, 0.717) is 35.1 Å². The van der Waals surface area contributed by atoms with Crippen LogP contribution in [0, 0.1) is 34.5 Å². The molecule has 3 saturated carbocycles. The van der Waals surface area contributed by atoms with Crippen molar-refractivity contribution in [1.82, 2.24) is 0 Å². The second-order valence-electron chi connectivity index (χ2n) is 11.5. The first kappa shape index (κ1) is 25.0. The first-order chi connectivity index (χ1) is 16.4. The lowest BCUT2D eigenvalue weighted by molar-refractivity contribution is -0.179. The van der Waals surface area contributed by atoms with Crippen LogP contribution in [-0.4, -0.2) is 40.1 Å². The number of hydrogen-bond acceptors (Lipinski definition) is 5. The second-order valence-corrected chi connectivity index (χ2v) is 12.3. The highest BCUT2D eigenvalue weighted by Crippen LogP contribution is 2.67. The summed E-state index contributed by atoms with van der Waals surface area (Å²) >= 11 is 12.1. The number of hydrogen-bond donors (Lipinski definition) is 2. The van der Waals surface area contributed by atoms with Gasteiger partial charge in [-0.15, -0.1) is 0 Å². The standard InChI is InChI=1S/C28H32Cl2O5/c1-15-8-20-21-5-7-28(34,24(33)14-35-19-10-16(29)9-17(30)11-19)27(21,3)13-23(32)25(20)26(2)6-4-18(31)12-22(15)26/h4,6,9-12,15,20-21,23,25,32,34H,5,7-8,13-14H2,1-3H3/t15-,20?,21?,23?,25?,26?,27?,28-/m0/s1. The molecule has 2 N–H and O–H groups in total. The molecule has 0 bridgehead atoms. The SMILES string of the molecule is C[C@H]1CC2C(C(O)CC3(C)C2CC[C@]3(O)C(=O)COc2cc(Cl)cc(Cl)c2)C2(C)C=CC(=O)C=C12. The van der Waals surface area contributed by atoms with E-state index < -0.39 is 22.5 Å². The third-order valence-corrected chi connectivity index (χ3v) is 10.1. The van der Waals surface area contributed by atoms with Crippen LogP contribution in [-0.2, 0) is 9.59 Å². The predicted molar refractivity (Wildman–Crippen MR) is 134 cm³/mol. The zero-order valence-corrected chi connectivity index (χ0v) is 21.8. The van der Waals surface area contributed by atoms with Crippen LogP contribution in [0.1, 0.15) is 46.5 Å². The van der Waals surface area contributed by atoms with E-state index in [9.17, 15) is 19.8 Å². The molecule has 0 saturated heterocycles. The fraction of sp³-hybridized carbons (Fsp3) is 0.571. The van der Waals surface area contributed by atoms with Gasteiger partial charge in [0.1, 0.15) is 18.0 Å². The predicted octanol–water partition coefficient (Wildman–Crippen LogP) is 5.20. The van der Waals surface area contributed by atoms with Crippen molar-refractivity contribution in [3.8, 4) is 5.75 Å². The van der Waals surface area contributed by atoms with Crippen LogP contribution in [0.4, 0.5) is 0 Å². The summed E-state index contributed by atoms with van der Waals surface area (Å²) in [6.07, 6.45) is 6.83. The van der Waals surface area contributed by atoms with Crippen LogP contribution in [0.25, 0.3) is 0 Å². The fourth-order valence-corrected chi connectivity index (χ4v) is 8.60. The average Bonchev–Trinajstić information content (AvgIpc) is 3.04. The van der Waals surface area contributed by atoms with E-state index in [-0.39, 0.29) is 41.8 Å². The van der Waals surface area contributed by atoms with Crippen molar-refractivity contribution in [2.75, 3.05) is 6.61 Å². The van der Waals surface area contributed by atoms with Gasteiger partial charge in [0.05, 0.1) is 6.10 Å². The largest absolute Gasteiger partial charge is 0.486 e. The molecule has 7 heteroatoms. The van der Waals surface area contributed by atoms with E-state index >= 15 is 0 Å². The third-order valence-electron chi connectivity index (χ3n) is 9.64. The van der Waals surface area contributed by atoms with Gasteiger partial charge >= 0.3 is 0 Å². The van der Waals surface area contributed by atoms with Crippen LogP contribution in [0.5, 0.6) is 5.75 Å². The number of halogens is 2. The first-order valence-electron chi connectivity index (χ1n) is 12.4. The number of ether oxygens (including phenoxy) is 1. The summed E-state index contributed by atoms with van der Waals surface area (Å²) in [7, 11) is 0. The number of allylic oxidation sites excluding steroid dienone is 4. The van der Waals surface area contributed by atoms with Gasteiger partial charge in [-0.3, -0.25) is 9.59 Å². The Hall–Kier alpha value is -1.66. The highest BCUT2D eigenvalue weighted by molar-refractivity contribution is 6.34. The fourth-order valence-electron chi connectivity index (χ4n) is 8.09. The maximum atomic E-state index is 13.4. The van der Waals surface area contributed by atoms with Crippen molar-refractivity contribution in [2.24, 2.45) is 34.5 Å². The van der Waals surface area contributed by atoms with Gasteiger partial charge in [-0.05, 0) is 73.8 Å². The Labute approximate surface area is 216 Å². The molecule has 0 spiro atoms. The smallest absolute Gasteiger partial charge is 0.202 e. The Balaban J connectivity index is 1.42. The Morgan fingerprint density at radius 3 is 2.57 bits per heavy atom. The summed E-state index contributed by atoms with van der Waals surface area (Å²) in [5.41, 5.74) is -1.68. The molecule has 6 unspecified atom stereocenters. The summed E-state index contributed by atoms with van der Waals surface area (Å²) in [6, 6.07) is 4.74. The van der Waals surface area contributed by atoms with Crippen molar-refractivity contribution in [3.63, 3.8) is 0 Å². The first-order valence-corrected chi connectivity index (χ1v) is 13.1. The van der Waals surface area contributed by atoms with Crippen molar-refractivity contribution in [2.45, 2.75) is 58.2 Å². The van der Waals surface area contributed by atoms with Gasteiger partial charge in [-0.25, -0.2) is 0 Å². The average molecular weight is 519 g/mol. The summed E-state index contributed by atoms with van der Waals surface area (Å²) in [4.78, 5) is 25.6. The van der Waals surface area contributed by atoms with Crippen molar-refractivity contribution in [3.05, 3.63) is 52.0 Å². The number of benzene rings is 1. The number of rotatable bonds is 4. The third kappa shape index (κ3) is 3.73. The number of aliphatic hydroxyl groups excluding tert-OH is 1. The molecule has 0 heterocycles. The number of Topliss-reactive ketones (excluding diaryl/α,β-unsaturated/α-hetero) is 1. The highest BCUT2D eigenvalue weighted by Gasteiger charge is 2.68. The van der Waals surface area contributed by atoms with Crippen LogP contribution in [0.3, 0.4) is 0 Å². The lowest BCUT2D eigenvalue weighted by Crippen LogP contribution is -2.62. The molecule has 5 nitrogen and oxygen atoms in total. The van der Waals surface area contributed by atoms with Gasteiger partial charge in [-0.2, -0.15) is 0 Å². The number of fused-ring (bicyclic) bond motifs is 5. The molecule has 0 radical (unpaired) electrons. The van der Waals surface area contributed by atoms with Crippen LogP contribution in [0.2, 0.25) is 10.0 Å². The molecule has 35 heavy (non-hydrogen) atoms. The van der Waals surface area contributed by atoms with Gasteiger partial charge in [0, 0.05) is 26.8 Å². The Morgan fingerprint density at radius 2 is 1.89 bits per heavy atom. The van der Waals surface area contributed by atoms with Crippen LogP contribution >= 0.6 is 23.2 Å². The minimum atomic E-state index is -1.59. The minimum Gasteiger partial charge on any atom is -0.486 e. The molecule has 188 valence electrons. The van der Waals surface area contributed by atoms with E-state index in [4.69, 9.17) is 27.9 Å². The number of carbonyl (C=O) groups is 2. The number of carbonyl (C=O) groups excluding carboxylic acids is 2. The molecule has 5 rings (SSSR count). The maximum absolute atomic E-state index is 13.4. The lowest BCUT2D eigenvalue weighted by atomic mass is 9.45. The molecule has 3 fully saturated rings. The van der Waals surface area contributed by atoms with Crippen molar-refractivity contribution >= 4 is 34.8 Å². The highest BCUT2D eigenvalue weighted by atomic mass is 35.5. The van der Waals surface area contributed by atoms with Gasteiger partial charge in [-0.1, -0.05) is 55.6 Å². The summed E-state index contributed by atoms with van der Waals surface area (Å²) < 4.78 is 5.69. The van der Waals surface area contributed by atoms with Gasteiger partial charge in [0.2, 0.25) is 5.78 Å². The minimum absolute atomic E-state index is 0.000239. The molecule has 4 aliphatic rings. The molecule has 4 aliphatic carbocycles. The molecule has 1 aromatic rings. The Morgan fingerprint density at radius 1 is 1.20 bits per heavy atom. The van der Waals surface area contributed by atoms with Crippen LogP contribution < -0.4 is 4.74 Å². The quantitative estimate of drug-likeness (QED) is 0.572. The molecular weight excluding hydrogens is 487 g/mol. The number of ketones is 2. The van der Waals surface area contributed by atoms with E-state index in [1.165, 1.54) is 0 Å². The molecule has 0 amide bonds. The van der Waals surface area contributed by atoms with E-state index in [0.717, 1.165) is 12.0 Å². The maximum Gasteiger partial charge on any atom is 0.202 e. The van der Waals surface area contributed by atoms with E-state index in [1.54, 1.807) is 30.4 Å². The van der Waals surface area contributed by atoms with E-state index in [2.05, 4.69) is 13.8 Å². The normalized spacial score (nSPS) is 42.1. The zero-order valence-electron chi connectivity index (χ0n) is 20.3. The molecular formula is C28H32Cl2O5. The number of aliphatic hydroxyl groups is 2. The second kappa shape index (κ2) is 8.44. The van der Waals surface area contributed by atoms with Gasteiger partial charge in [0.15, 0.2) is 5.78 Å². The molecule has 8 atom stereocenters. The monoisotopic (exact) mass is 518 g/mol. The lowest BCUT2D eigenvalue weighted by Gasteiger charge is -2.60. The summed E-state index contributed by atoms with van der Waals surface area (Å²) in [5, 5.41) is 24.2. The van der Waals surface area contributed by atoms with E-state index in [1.807, 2.05) is 13.0 Å².